The van der Waals surface area contributed by atoms with Gasteiger partial charge in [0.15, 0.2) is 0 Å². The minimum Gasteiger partial charge on any atom is -0.480 e. The van der Waals surface area contributed by atoms with E-state index in [0.29, 0.717) is 10.9 Å². The molecule has 0 amide bonds. The Labute approximate surface area is 118 Å². The van der Waals surface area contributed by atoms with Gasteiger partial charge in [-0.3, -0.25) is 10.1 Å². The Morgan fingerprint density at radius 2 is 2.37 bits per heavy atom. The zero-order chi connectivity index (χ0) is 14.4. The second-order valence-corrected chi connectivity index (χ2v) is 4.81. The number of anilines is 1. The predicted molar refractivity (Wildman–Crippen MR) is 73.2 cm³/mol. The first-order valence-corrected chi connectivity index (χ1v) is 6.54. The number of carbonyl (C=O) groups is 1. The number of nitrogens with one attached hydrogen (secondary N) is 1. The first-order chi connectivity index (χ1) is 8.95. The van der Waals surface area contributed by atoms with E-state index in [1.165, 1.54) is 6.07 Å². The maximum Gasteiger partial charge on any atom is 0.326 e. The van der Waals surface area contributed by atoms with Crippen LogP contribution in [-0.2, 0) is 4.79 Å². The number of aromatic nitrogens is 1. The van der Waals surface area contributed by atoms with Crippen molar-refractivity contribution in [2.45, 2.75) is 32.2 Å². The van der Waals surface area contributed by atoms with Gasteiger partial charge in [-0.25, -0.2) is 9.78 Å². The van der Waals surface area contributed by atoms with Crippen LogP contribution in [0.4, 0.5) is 11.5 Å². The van der Waals surface area contributed by atoms with Crippen LogP contribution in [0.2, 0.25) is 0 Å². The molecule has 1 atom stereocenters. The van der Waals surface area contributed by atoms with E-state index in [9.17, 15) is 14.9 Å². The Hall–Kier alpha value is -1.70. The zero-order valence-corrected chi connectivity index (χ0v) is 11.9. The van der Waals surface area contributed by atoms with Crippen molar-refractivity contribution >= 4 is 33.4 Å². The summed E-state index contributed by atoms with van der Waals surface area (Å²) in [5.74, 6) is -0.686. The molecule has 8 heteroatoms. The standard InChI is InChI=1S/C11H14BrN3O4/c1-2-3-4-9(11(16)17)14-10-8(12)5-7(6-13-10)15(18)19/h5-6,9H,2-4H2,1H3,(H,13,14)(H,16,17)/t9-/m0/s1. The second kappa shape index (κ2) is 7.03. The fourth-order valence-corrected chi connectivity index (χ4v) is 1.92. The Balaban J connectivity index is 2.84. The number of rotatable bonds is 7. The smallest absolute Gasteiger partial charge is 0.326 e. The summed E-state index contributed by atoms with van der Waals surface area (Å²) in [6.07, 6.45) is 3.22. The van der Waals surface area contributed by atoms with Gasteiger partial charge in [-0.2, -0.15) is 0 Å². The van der Waals surface area contributed by atoms with E-state index in [1.54, 1.807) is 0 Å². The van der Waals surface area contributed by atoms with Crippen LogP contribution in [0, 0.1) is 10.1 Å². The molecule has 0 saturated carbocycles. The minimum absolute atomic E-state index is 0.155. The van der Waals surface area contributed by atoms with Crippen molar-refractivity contribution in [3.8, 4) is 0 Å². The van der Waals surface area contributed by atoms with Crippen molar-refractivity contribution in [1.29, 1.82) is 0 Å². The predicted octanol–water partition coefficient (Wildman–Crippen LogP) is 2.81. The number of aliphatic carboxylic acids is 1. The van der Waals surface area contributed by atoms with Crippen molar-refractivity contribution in [2.24, 2.45) is 0 Å². The third kappa shape index (κ3) is 4.47. The lowest BCUT2D eigenvalue weighted by molar-refractivity contribution is -0.385. The molecule has 1 heterocycles. The van der Waals surface area contributed by atoms with E-state index in [-0.39, 0.29) is 11.5 Å². The summed E-state index contributed by atoms with van der Waals surface area (Å²) in [5.41, 5.74) is -0.155. The Morgan fingerprint density at radius 3 is 2.84 bits per heavy atom. The van der Waals surface area contributed by atoms with Gasteiger partial charge in [0.05, 0.1) is 9.40 Å². The molecule has 0 aliphatic carbocycles. The van der Waals surface area contributed by atoms with Crippen LogP contribution in [0.5, 0.6) is 0 Å². The van der Waals surface area contributed by atoms with E-state index in [2.05, 4.69) is 26.2 Å². The van der Waals surface area contributed by atoms with Crippen LogP contribution in [0.25, 0.3) is 0 Å². The summed E-state index contributed by atoms with van der Waals surface area (Å²) in [6, 6.07) is 0.527. The average molecular weight is 332 g/mol. The summed E-state index contributed by atoms with van der Waals surface area (Å²) in [5, 5.41) is 22.4. The van der Waals surface area contributed by atoms with Gasteiger partial charge in [-0.1, -0.05) is 19.8 Å². The number of nitrogens with zero attached hydrogens (tertiary/aromatic N) is 2. The molecule has 1 aromatic heterocycles. The highest BCUT2D eigenvalue weighted by molar-refractivity contribution is 9.10. The average Bonchev–Trinajstić information content (AvgIpc) is 2.35. The molecule has 0 fully saturated rings. The highest BCUT2D eigenvalue weighted by atomic mass is 79.9. The van der Waals surface area contributed by atoms with Crippen LogP contribution < -0.4 is 5.32 Å². The van der Waals surface area contributed by atoms with Gasteiger partial charge < -0.3 is 10.4 Å². The molecule has 19 heavy (non-hydrogen) atoms. The minimum atomic E-state index is -0.972. The van der Waals surface area contributed by atoms with Crippen LogP contribution in [0.1, 0.15) is 26.2 Å². The molecular formula is C11H14BrN3O4. The van der Waals surface area contributed by atoms with Crippen molar-refractivity contribution in [3.05, 3.63) is 26.9 Å². The van der Waals surface area contributed by atoms with Gasteiger partial charge in [-0.05, 0) is 22.4 Å². The molecule has 0 spiro atoms. The molecule has 2 N–H and O–H groups in total. The topological polar surface area (TPSA) is 105 Å². The van der Waals surface area contributed by atoms with E-state index in [0.717, 1.165) is 19.0 Å². The Morgan fingerprint density at radius 1 is 1.68 bits per heavy atom. The SMILES string of the molecule is CCCC[C@H](Nc1ncc([N+](=O)[O-])cc1Br)C(=O)O. The summed E-state index contributed by atoms with van der Waals surface area (Å²) in [4.78, 5) is 25.0. The lowest BCUT2D eigenvalue weighted by Gasteiger charge is -2.15. The van der Waals surface area contributed by atoms with Gasteiger partial charge in [0.25, 0.3) is 5.69 Å². The van der Waals surface area contributed by atoms with E-state index in [1.807, 2.05) is 6.92 Å². The number of pyridine rings is 1. The Kier molecular flexibility index (Phi) is 5.68. The van der Waals surface area contributed by atoms with Gasteiger partial charge in [0.1, 0.15) is 18.1 Å². The molecule has 0 bridgehead atoms. The lowest BCUT2D eigenvalue weighted by atomic mass is 10.1. The van der Waals surface area contributed by atoms with E-state index >= 15 is 0 Å². The van der Waals surface area contributed by atoms with Gasteiger partial charge in [0, 0.05) is 6.07 Å². The third-order valence-electron chi connectivity index (χ3n) is 2.49. The molecule has 0 radical (unpaired) electrons. The fourth-order valence-electron chi connectivity index (χ4n) is 1.46. The first kappa shape index (κ1) is 15.4. The highest BCUT2D eigenvalue weighted by Gasteiger charge is 2.19. The molecule has 104 valence electrons. The largest absolute Gasteiger partial charge is 0.480 e. The van der Waals surface area contributed by atoms with Crippen LogP contribution in [-0.4, -0.2) is 27.0 Å². The normalized spacial score (nSPS) is 11.9. The number of hydrogen-bond donors (Lipinski definition) is 2. The number of carboxylic acids is 1. The maximum absolute atomic E-state index is 11.1. The number of halogens is 1. The van der Waals surface area contributed by atoms with E-state index < -0.39 is 16.9 Å². The molecular weight excluding hydrogens is 318 g/mol. The maximum atomic E-state index is 11.1. The van der Waals surface area contributed by atoms with E-state index in [4.69, 9.17) is 5.11 Å². The van der Waals surface area contributed by atoms with Crippen LogP contribution in [0.3, 0.4) is 0 Å². The number of nitro groups is 1. The fraction of sp³-hybridized carbons (Fsp3) is 0.455. The molecule has 1 rings (SSSR count). The van der Waals surface area contributed by atoms with Crippen molar-refractivity contribution in [1.82, 2.24) is 4.98 Å². The monoisotopic (exact) mass is 331 g/mol. The summed E-state index contributed by atoms with van der Waals surface area (Å²) in [6.45, 7) is 1.97. The molecule has 0 saturated heterocycles. The van der Waals surface area contributed by atoms with Crippen molar-refractivity contribution in [2.75, 3.05) is 5.32 Å². The highest BCUT2D eigenvalue weighted by Crippen LogP contribution is 2.25. The second-order valence-electron chi connectivity index (χ2n) is 3.96. The molecule has 0 unspecified atom stereocenters. The summed E-state index contributed by atoms with van der Waals surface area (Å²) < 4.78 is 0.365. The zero-order valence-electron chi connectivity index (χ0n) is 10.3. The van der Waals surface area contributed by atoms with Crippen molar-refractivity contribution < 1.29 is 14.8 Å². The quantitative estimate of drug-likeness (QED) is 0.587. The number of hydrogen-bond acceptors (Lipinski definition) is 5. The van der Waals surface area contributed by atoms with Crippen molar-refractivity contribution in [3.63, 3.8) is 0 Å². The first-order valence-electron chi connectivity index (χ1n) is 5.75. The van der Waals surface area contributed by atoms with Gasteiger partial charge >= 0.3 is 5.97 Å². The number of carboxylic acid groups (broad SMARTS) is 1. The lowest BCUT2D eigenvalue weighted by Crippen LogP contribution is -2.29. The Bertz CT molecular complexity index is 481. The van der Waals surface area contributed by atoms with Crippen LogP contribution in [0.15, 0.2) is 16.7 Å². The van der Waals surface area contributed by atoms with Crippen LogP contribution >= 0.6 is 15.9 Å². The summed E-state index contributed by atoms with van der Waals surface area (Å²) >= 11 is 3.14. The molecule has 7 nitrogen and oxygen atoms in total. The molecule has 0 aromatic carbocycles. The number of unbranched alkanes of at least 4 members (excludes halogenated alkanes) is 1. The molecule has 1 aromatic rings. The molecule has 0 aliphatic rings. The molecule has 0 aliphatic heterocycles. The van der Waals surface area contributed by atoms with Gasteiger partial charge in [-0.15, -0.1) is 0 Å². The summed E-state index contributed by atoms with van der Waals surface area (Å²) in [7, 11) is 0. The third-order valence-corrected chi connectivity index (χ3v) is 3.10. The van der Waals surface area contributed by atoms with Gasteiger partial charge in [0.2, 0.25) is 0 Å².